The number of hydrogen-bond donors (Lipinski definition) is 1. The molecule has 0 aliphatic heterocycles. The highest BCUT2D eigenvalue weighted by Crippen LogP contribution is 2.70. The zero-order valence-corrected chi connectivity index (χ0v) is 22.4. The predicted molar refractivity (Wildman–Crippen MR) is 133 cm³/mol. The summed E-state index contributed by atoms with van der Waals surface area (Å²) >= 11 is 0. The number of carbonyl (C=O) groups is 3. The highest BCUT2D eigenvalue weighted by Gasteiger charge is 2.72. The minimum absolute atomic E-state index is 0.00628. The normalized spacial score (nSPS) is 47.2. The molecule has 5 aliphatic carbocycles. The van der Waals surface area contributed by atoms with E-state index >= 15 is 0 Å². The van der Waals surface area contributed by atoms with Crippen LogP contribution in [0.3, 0.4) is 0 Å². The molecule has 0 aromatic carbocycles. The molecule has 0 radical (unpaired) electrons. The molecule has 5 rings (SSSR count). The Morgan fingerprint density at radius 1 is 1.08 bits per heavy atom. The molecule has 7 unspecified atom stereocenters. The summed E-state index contributed by atoms with van der Waals surface area (Å²) in [4.78, 5) is 40.2. The minimum Gasteiger partial charge on any atom is -0.469 e. The molecule has 0 saturated heterocycles. The van der Waals surface area contributed by atoms with Crippen LogP contribution in [-0.4, -0.2) is 35.4 Å². The number of Topliss-reactive ketones (excluding diaryl/α,β-unsaturated/α-hetero) is 1. The first-order chi connectivity index (χ1) is 16.7. The van der Waals surface area contributed by atoms with Crippen molar-refractivity contribution in [2.24, 2.45) is 45.3 Å². The molecule has 0 bridgehead atoms. The molecule has 5 aliphatic rings. The second kappa shape index (κ2) is 7.63. The van der Waals surface area contributed by atoms with E-state index in [0.717, 1.165) is 24.8 Å². The van der Waals surface area contributed by atoms with Crippen molar-refractivity contribution in [3.8, 4) is 6.07 Å². The largest absolute Gasteiger partial charge is 0.469 e. The Hall–Kier alpha value is -2.26. The van der Waals surface area contributed by atoms with Crippen molar-refractivity contribution < 1.29 is 24.2 Å². The van der Waals surface area contributed by atoms with Crippen molar-refractivity contribution >= 4 is 17.5 Å². The number of allylic oxidation sites excluding steroid dienone is 3. The molecular formula is C30H39NO5. The number of rotatable bonds is 1. The topological polar surface area (TPSA) is 104 Å². The molecule has 8 atom stereocenters. The smallest absolute Gasteiger partial charge is 0.312 e. The number of ether oxygens (including phenoxy) is 1. The third kappa shape index (κ3) is 2.96. The van der Waals surface area contributed by atoms with Gasteiger partial charge in [0, 0.05) is 23.2 Å². The van der Waals surface area contributed by atoms with E-state index in [2.05, 4.69) is 33.8 Å². The molecule has 0 heterocycles. The summed E-state index contributed by atoms with van der Waals surface area (Å²) in [5, 5.41) is 22.2. The van der Waals surface area contributed by atoms with Crippen LogP contribution in [0.5, 0.6) is 0 Å². The summed E-state index contributed by atoms with van der Waals surface area (Å²) in [5.74, 6) is -1.88. The number of aliphatic hydroxyl groups is 1. The molecule has 3 saturated carbocycles. The van der Waals surface area contributed by atoms with Crippen LogP contribution in [0, 0.1) is 56.7 Å². The van der Waals surface area contributed by atoms with Crippen LogP contribution in [0.1, 0.15) is 79.6 Å². The monoisotopic (exact) mass is 493 g/mol. The molecular weight excluding hydrogens is 454 g/mol. The average Bonchev–Trinajstić information content (AvgIpc) is 2.82. The van der Waals surface area contributed by atoms with Crippen molar-refractivity contribution in [2.75, 3.05) is 7.11 Å². The summed E-state index contributed by atoms with van der Waals surface area (Å²) in [6.07, 6.45) is 8.19. The molecule has 3 fully saturated rings. The SMILES string of the molecule is COC(=O)[C@@]12CCC3C4(C)CCC5C(C)C(=O)C(C#N)=CC5(C)C4=CC(=O)C3(O)C1CC(C)(C)CC2. The molecule has 0 amide bonds. The molecule has 6 heteroatoms. The average molecular weight is 494 g/mol. The maximum absolute atomic E-state index is 14.1. The second-order valence-corrected chi connectivity index (χ2v) is 13.6. The van der Waals surface area contributed by atoms with E-state index in [0.29, 0.717) is 25.7 Å². The number of carbonyl (C=O) groups excluding carboxylic acids is 3. The predicted octanol–water partition coefficient (Wildman–Crippen LogP) is 4.71. The maximum Gasteiger partial charge on any atom is 0.312 e. The van der Waals surface area contributed by atoms with Crippen LogP contribution in [0.15, 0.2) is 23.3 Å². The van der Waals surface area contributed by atoms with Gasteiger partial charge in [0.05, 0.1) is 18.1 Å². The van der Waals surface area contributed by atoms with Gasteiger partial charge in [0.1, 0.15) is 11.7 Å². The lowest BCUT2D eigenvalue weighted by Crippen LogP contribution is -2.70. The van der Waals surface area contributed by atoms with Gasteiger partial charge in [0.2, 0.25) is 0 Å². The van der Waals surface area contributed by atoms with Gasteiger partial charge in [0.25, 0.3) is 0 Å². The lowest BCUT2D eigenvalue weighted by atomic mass is 9.38. The fourth-order valence-corrected chi connectivity index (χ4v) is 9.50. The maximum atomic E-state index is 14.1. The van der Waals surface area contributed by atoms with Gasteiger partial charge in [-0.25, -0.2) is 0 Å². The van der Waals surface area contributed by atoms with E-state index in [1.807, 2.05) is 6.92 Å². The van der Waals surface area contributed by atoms with Gasteiger partial charge < -0.3 is 9.84 Å². The number of ketones is 2. The molecule has 36 heavy (non-hydrogen) atoms. The van der Waals surface area contributed by atoms with Crippen LogP contribution in [-0.2, 0) is 19.1 Å². The highest BCUT2D eigenvalue weighted by molar-refractivity contribution is 6.03. The molecule has 194 valence electrons. The Morgan fingerprint density at radius 2 is 1.78 bits per heavy atom. The fourth-order valence-electron chi connectivity index (χ4n) is 9.50. The molecule has 0 aromatic heterocycles. The Morgan fingerprint density at radius 3 is 2.42 bits per heavy atom. The van der Waals surface area contributed by atoms with Gasteiger partial charge in [-0.2, -0.15) is 5.26 Å². The van der Waals surface area contributed by atoms with E-state index in [1.54, 1.807) is 12.2 Å². The van der Waals surface area contributed by atoms with E-state index in [1.165, 1.54) is 7.11 Å². The number of hydrogen-bond acceptors (Lipinski definition) is 6. The van der Waals surface area contributed by atoms with Crippen LogP contribution in [0.25, 0.3) is 0 Å². The summed E-state index contributed by atoms with van der Waals surface area (Å²) in [6, 6.07) is 2.09. The van der Waals surface area contributed by atoms with Crippen LogP contribution in [0.4, 0.5) is 0 Å². The van der Waals surface area contributed by atoms with Crippen LogP contribution >= 0.6 is 0 Å². The van der Waals surface area contributed by atoms with E-state index in [-0.39, 0.29) is 46.3 Å². The number of nitriles is 1. The first kappa shape index (κ1) is 25.4. The zero-order valence-electron chi connectivity index (χ0n) is 22.4. The lowest BCUT2D eigenvalue weighted by molar-refractivity contribution is -0.218. The van der Waals surface area contributed by atoms with Gasteiger partial charge >= 0.3 is 5.97 Å². The summed E-state index contributed by atoms with van der Waals surface area (Å²) < 4.78 is 5.30. The Labute approximate surface area is 214 Å². The molecule has 0 aromatic rings. The zero-order chi connectivity index (χ0) is 26.5. The third-order valence-electron chi connectivity index (χ3n) is 11.4. The van der Waals surface area contributed by atoms with Crippen LogP contribution < -0.4 is 0 Å². The van der Waals surface area contributed by atoms with Gasteiger partial charge in [-0.15, -0.1) is 0 Å². The Bertz CT molecular complexity index is 1160. The van der Waals surface area contributed by atoms with Crippen molar-refractivity contribution in [3.05, 3.63) is 23.3 Å². The van der Waals surface area contributed by atoms with Crippen LogP contribution in [0.2, 0.25) is 0 Å². The summed E-state index contributed by atoms with van der Waals surface area (Å²) in [6.45, 7) is 10.4. The second-order valence-electron chi connectivity index (χ2n) is 13.6. The molecule has 6 nitrogen and oxygen atoms in total. The number of nitrogens with zero attached hydrogens (tertiary/aromatic N) is 1. The summed E-state index contributed by atoms with van der Waals surface area (Å²) in [7, 11) is 1.40. The van der Waals surface area contributed by atoms with Crippen molar-refractivity contribution in [1.82, 2.24) is 0 Å². The number of methoxy groups -OCH3 is 1. The van der Waals surface area contributed by atoms with Crippen molar-refractivity contribution in [2.45, 2.75) is 85.2 Å². The number of fused-ring (bicyclic) bond motifs is 7. The standard InChI is InChI=1S/C30H39NO5/c1-17-19-7-9-27(4)20-8-10-29(25(34)36-6)12-11-26(2,3)15-22(29)30(20,35)23(32)13-21(27)28(19,5)14-18(16-31)24(17)33/h13-14,17,19-20,22,35H,7-12,15H2,1-6H3/t17?,19?,20?,22?,27?,28?,29-,30?/m1/s1. The summed E-state index contributed by atoms with van der Waals surface area (Å²) in [5.41, 5.74) is -2.57. The van der Waals surface area contributed by atoms with Gasteiger partial charge in [-0.3, -0.25) is 14.4 Å². The molecule has 0 spiro atoms. The van der Waals surface area contributed by atoms with Gasteiger partial charge in [-0.1, -0.05) is 46.3 Å². The Kier molecular flexibility index (Phi) is 5.38. The number of esters is 1. The fraction of sp³-hybridized carbons (Fsp3) is 0.733. The van der Waals surface area contributed by atoms with Crippen molar-refractivity contribution in [1.29, 1.82) is 5.26 Å². The van der Waals surface area contributed by atoms with Gasteiger partial charge in [0.15, 0.2) is 11.6 Å². The van der Waals surface area contributed by atoms with E-state index in [9.17, 15) is 24.8 Å². The Balaban J connectivity index is 1.69. The first-order valence-electron chi connectivity index (χ1n) is 13.5. The molecule has 1 N–H and O–H groups in total. The van der Waals surface area contributed by atoms with E-state index < -0.39 is 27.8 Å². The lowest BCUT2D eigenvalue weighted by Gasteiger charge is -2.66. The van der Waals surface area contributed by atoms with E-state index in [4.69, 9.17) is 4.74 Å². The van der Waals surface area contributed by atoms with Crippen molar-refractivity contribution in [3.63, 3.8) is 0 Å². The first-order valence-corrected chi connectivity index (χ1v) is 13.5. The third-order valence-corrected chi connectivity index (χ3v) is 11.4. The minimum atomic E-state index is -1.65. The highest BCUT2D eigenvalue weighted by atomic mass is 16.5. The van der Waals surface area contributed by atoms with Gasteiger partial charge in [-0.05, 0) is 67.8 Å². The quantitative estimate of drug-likeness (QED) is 0.530.